The fourth-order valence-corrected chi connectivity index (χ4v) is 5.90. The molecule has 3 aliphatic rings. The number of carbonyl (C=O) groups is 2. The molecular formula is C27H40N2O2. The second kappa shape index (κ2) is 10.2. The molecule has 4 nitrogen and oxygen atoms in total. The summed E-state index contributed by atoms with van der Waals surface area (Å²) in [6.45, 7) is 3.89. The van der Waals surface area contributed by atoms with E-state index in [9.17, 15) is 9.59 Å². The molecule has 1 saturated heterocycles. The van der Waals surface area contributed by atoms with Gasteiger partial charge in [0.2, 0.25) is 11.8 Å². The summed E-state index contributed by atoms with van der Waals surface area (Å²) < 4.78 is 0. The Morgan fingerprint density at radius 3 is 2.19 bits per heavy atom. The Morgan fingerprint density at radius 2 is 1.58 bits per heavy atom. The lowest BCUT2D eigenvalue weighted by molar-refractivity contribution is -0.142. The molecule has 0 N–H and O–H groups in total. The molecule has 31 heavy (non-hydrogen) atoms. The van der Waals surface area contributed by atoms with E-state index in [1.54, 1.807) is 0 Å². The van der Waals surface area contributed by atoms with E-state index in [-0.39, 0.29) is 17.9 Å². The van der Waals surface area contributed by atoms with Crippen molar-refractivity contribution in [1.29, 1.82) is 0 Å². The van der Waals surface area contributed by atoms with E-state index in [1.807, 2.05) is 7.05 Å². The quantitative estimate of drug-likeness (QED) is 0.646. The molecular weight excluding hydrogens is 384 g/mol. The summed E-state index contributed by atoms with van der Waals surface area (Å²) in [6, 6.07) is 8.81. The summed E-state index contributed by atoms with van der Waals surface area (Å²) in [7, 11) is 2.03. The van der Waals surface area contributed by atoms with Crippen LogP contribution in [0.3, 0.4) is 0 Å². The van der Waals surface area contributed by atoms with Gasteiger partial charge < -0.3 is 9.80 Å². The fourth-order valence-electron chi connectivity index (χ4n) is 5.90. The van der Waals surface area contributed by atoms with Gasteiger partial charge in [-0.05, 0) is 68.9 Å². The molecule has 2 saturated carbocycles. The SMILES string of the molecule is Cc1ccccc1CC(C1CCN(C(=O)C2CCCCC2)CC1)N(C)C(=O)C1CCC1. The summed E-state index contributed by atoms with van der Waals surface area (Å²) >= 11 is 0. The maximum atomic E-state index is 13.1. The van der Waals surface area contributed by atoms with Crippen molar-refractivity contribution in [3.05, 3.63) is 35.4 Å². The van der Waals surface area contributed by atoms with Gasteiger partial charge >= 0.3 is 0 Å². The summed E-state index contributed by atoms with van der Waals surface area (Å²) in [5.41, 5.74) is 2.66. The van der Waals surface area contributed by atoms with Crippen molar-refractivity contribution in [2.45, 2.75) is 83.6 Å². The van der Waals surface area contributed by atoms with Crippen LogP contribution in [0.4, 0.5) is 0 Å². The third-order valence-corrected chi connectivity index (χ3v) is 8.34. The van der Waals surface area contributed by atoms with E-state index >= 15 is 0 Å². The van der Waals surface area contributed by atoms with E-state index in [4.69, 9.17) is 0 Å². The first-order valence-electron chi connectivity index (χ1n) is 12.6. The second-order valence-electron chi connectivity index (χ2n) is 10.3. The Balaban J connectivity index is 1.43. The van der Waals surface area contributed by atoms with Crippen LogP contribution in [-0.2, 0) is 16.0 Å². The number of likely N-dealkylation sites (tertiary alicyclic amines) is 1. The highest BCUT2D eigenvalue weighted by Crippen LogP contribution is 2.33. The van der Waals surface area contributed by atoms with Crippen LogP contribution in [0.25, 0.3) is 0 Å². The van der Waals surface area contributed by atoms with E-state index in [0.29, 0.717) is 17.7 Å². The van der Waals surface area contributed by atoms with Crippen molar-refractivity contribution in [1.82, 2.24) is 9.80 Å². The number of nitrogens with zero attached hydrogens (tertiary/aromatic N) is 2. The molecule has 4 heteroatoms. The van der Waals surface area contributed by atoms with Crippen molar-refractivity contribution in [2.75, 3.05) is 20.1 Å². The van der Waals surface area contributed by atoms with Crippen LogP contribution < -0.4 is 0 Å². The Labute approximate surface area is 188 Å². The monoisotopic (exact) mass is 424 g/mol. The van der Waals surface area contributed by atoms with Gasteiger partial charge in [-0.15, -0.1) is 0 Å². The average Bonchev–Trinajstić information content (AvgIpc) is 2.77. The normalized spacial score (nSPS) is 22.1. The molecule has 0 bridgehead atoms. The van der Waals surface area contributed by atoms with E-state index in [1.165, 1.54) is 36.8 Å². The highest BCUT2D eigenvalue weighted by molar-refractivity contribution is 5.80. The molecule has 0 aromatic heterocycles. The third kappa shape index (κ3) is 5.15. The van der Waals surface area contributed by atoms with Gasteiger partial charge in [0.25, 0.3) is 0 Å². The molecule has 170 valence electrons. The zero-order valence-corrected chi connectivity index (χ0v) is 19.5. The van der Waals surface area contributed by atoms with Crippen LogP contribution in [-0.4, -0.2) is 47.8 Å². The summed E-state index contributed by atoms with van der Waals surface area (Å²) in [4.78, 5) is 30.3. The zero-order valence-electron chi connectivity index (χ0n) is 19.5. The number of hydrogen-bond donors (Lipinski definition) is 0. The van der Waals surface area contributed by atoms with Crippen LogP contribution in [0.5, 0.6) is 0 Å². The highest BCUT2D eigenvalue weighted by atomic mass is 16.2. The van der Waals surface area contributed by atoms with Gasteiger partial charge in [-0.3, -0.25) is 9.59 Å². The fraction of sp³-hybridized carbons (Fsp3) is 0.704. The number of aryl methyl sites for hydroxylation is 1. The van der Waals surface area contributed by atoms with Crippen LogP contribution in [0.15, 0.2) is 24.3 Å². The number of rotatable bonds is 6. The van der Waals surface area contributed by atoms with Crippen molar-refractivity contribution in [2.24, 2.45) is 17.8 Å². The first kappa shape index (κ1) is 22.4. The first-order valence-corrected chi connectivity index (χ1v) is 12.6. The largest absolute Gasteiger partial charge is 0.342 e. The van der Waals surface area contributed by atoms with Gasteiger partial charge in [-0.2, -0.15) is 0 Å². The van der Waals surface area contributed by atoms with Gasteiger partial charge in [0.15, 0.2) is 0 Å². The topological polar surface area (TPSA) is 40.6 Å². The van der Waals surface area contributed by atoms with E-state index in [2.05, 4.69) is 41.0 Å². The van der Waals surface area contributed by atoms with Crippen LogP contribution in [0.2, 0.25) is 0 Å². The maximum absolute atomic E-state index is 13.1. The molecule has 1 aromatic carbocycles. The number of likely N-dealkylation sites (N-methyl/N-ethyl adjacent to an activating group) is 1. The lowest BCUT2D eigenvalue weighted by Crippen LogP contribution is -2.51. The van der Waals surface area contributed by atoms with E-state index in [0.717, 1.165) is 58.0 Å². The number of benzene rings is 1. The smallest absolute Gasteiger partial charge is 0.225 e. The molecule has 4 rings (SSSR count). The van der Waals surface area contributed by atoms with Crippen molar-refractivity contribution in [3.63, 3.8) is 0 Å². The molecule has 1 heterocycles. The number of carbonyl (C=O) groups excluding carboxylic acids is 2. The molecule has 2 amide bonds. The first-order chi connectivity index (χ1) is 15.0. The van der Waals surface area contributed by atoms with Gasteiger partial charge in [0.05, 0.1) is 0 Å². The van der Waals surface area contributed by atoms with Crippen LogP contribution in [0.1, 0.15) is 75.3 Å². The van der Waals surface area contributed by atoms with E-state index < -0.39 is 0 Å². The molecule has 1 aromatic rings. The van der Waals surface area contributed by atoms with Crippen molar-refractivity contribution >= 4 is 11.8 Å². The number of hydrogen-bond acceptors (Lipinski definition) is 2. The number of amides is 2. The molecule has 1 atom stereocenters. The minimum Gasteiger partial charge on any atom is -0.342 e. The summed E-state index contributed by atoms with van der Waals surface area (Å²) in [5.74, 6) is 1.69. The second-order valence-corrected chi connectivity index (χ2v) is 10.3. The standard InChI is InChI=1S/C27H40N2O2/c1-20-9-6-7-12-24(20)19-25(28(2)26(30)22-13-8-14-22)21-15-17-29(18-16-21)27(31)23-10-4-3-5-11-23/h6-7,9,12,21-23,25H,3-5,8,10-11,13-19H2,1-2H3. The molecule has 0 radical (unpaired) electrons. The highest BCUT2D eigenvalue weighted by Gasteiger charge is 2.37. The lowest BCUT2D eigenvalue weighted by Gasteiger charge is -2.42. The maximum Gasteiger partial charge on any atom is 0.225 e. The van der Waals surface area contributed by atoms with Crippen molar-refractivity contribution < 1.29 is 9.59 Å². The summed E-state index contributed by atoms with van der Waals surface area (Å²) in [5, 5.41) is 0. The Morgan fingerprint density at radius 1 is 0.935 bits per heavy atom. The van der Waals surface area contributed by atoms with Crippen LogP contribution in [0, 0.1) is 24.7 Å². The molecule has 1 aliphatic heterocycles. The predicted molar refractivity (Wildman–Crippen MR) is 125 cm³/mol. The zero-order chi connectivity index (χ0) is 21.8. The van der Waals surface area contributed by atoms with Gasteiger partial charge in [0.1, 0.15) is 0 Å². The molecule has 2 aliphatic carbocycles. The molecule has 1 unspecified atom stereocenters. The van der Waals surface area contributed by atoms with Crippen LogP contribution >= 0.6 is 0 Å². The van der Waals surface area contributed by atoms with Gasteiger partial charge in [-0.1, -0.05) is 49.9 Å². The predicted octanol–water partition coefficient (Wildman–Crippen LogP) is 4.98. The average molecular weight is 425 g/mol. The minimum atomic E-state index is 0.223. The minimum absolute atomic E-state index is 0.223. The van der Waals surface area contributed by atoms with Gasteiger partial charge in [0, 0.05) is 38.0 Å². The molecule has 3 fully saturated rings. The summed E-state index contributed by atoms with van der Waals surface area (Å²) in [6.07, 6.45) is 12.1. The Hall–Kier alpha value is -1.84. The number of piperidine rings is 1. The van der Waals surface area contributed by atoms with Gasteiger partial charge in [-0.25, -0.2) is 0 Å². The van der Waals surface area contributed by atoms with Crippen molar-refractivity contribution in [3.8, 4) is 0 Å². The third-order valence-electron chi connectivity index (χ3n) is 8.34. The lowest BCUT2D eigenvalue weighted by atomic mass is 9.80. The Kier molecular flexibility index (Phi) is 7.35. The Bertz CT molecular complexity index is 758. The molecule has 0 spiro atoms.